The fourth-order valence-electron chi connectivity index (χ4n) is 3.97. The first kappa shape index (κ1) is 25.6. The summed E-state index contributed by atoms with van der Waals surface area (Å²) in [6.07, 6.45) is 0.502. The lowest BCUT2D eigenvalue weighted by Crippen LogP contribution is -2.24. The molecule has 0 aliphatic rings. The maximum Gasteiger partial charge on any atom is 0.573 e. The monoisotopic (exact) mass is 554 g/mol. The lowest BCUT2D eigenvalue weighted by atomic mass is 10.1. The molecule has 0 aliphatic heterocycles. The summed E-state index contributed by atoms with van der Waals surface area (Å²) in [6.45, 7) is 4.19. The number of rotatable bonds is 6. The molecular weight excluding hydrogens is 533 g/mol. The SMILES string of the molecule is CC(C)c1scnc1NC(=S)NN=Cc1ccc2c(ccn3c(-c4ccc(OC(F)(F)F)cc4)cnc23)c1. The van der Waals surface area contributed by atoms with Gasteiger partial charge in [-0.3, -0.25) is 9.83 Å². The number of imidazole rings is 1. The highest BCUT2D eigenvalue weighted by atomic mass is 32.1. The molecule has 3 aromatic heterocycles. The third kappa shape index (κ3) is 5.60. The van der Waals surface area contributed by atoms with Crippen molar-refractivity contribution in [2.75, 3.05) is 5.32 Å². The van der Waals surface area contributed by atoms with Crippen molar-refractivity contribution in [2.45, 2.75) is 26.1 Å². The number of aromatic nitrogens is 3. The van der Waals surface area contributed by atoms with E-state index in [2.05, 4.69) is 44.4 Å². The second kappa shape index (κ2) is 10.4. The Bertz CT molecular complexity index is 1640. The molecule has 2 aromatic carbocycles. The molecule has 0 fully saturated rings. The average Bonchev–Trinajstić information content (AvgIpc) is 3.51. The third-order valence-electron chi connectivity index (χ3n) is 5.63. The van der Waals surface area contributed by atoms with Gasteiger partial charge in [0.2, 0.25) is 0 Å². The average molecular weight is 555 g/mol. The molecule has 38 heavy (non-hydrogen) atoms. The standard InChI is InChI=1S/C26H21F3N6OS2/c1-15(2)22-23(31-14-38-22)33-25(37)34-32-12-16-3-8-20-18(11-16)9-10-35-21(13-30-24(20)35)17-4-6-19(7-5-17)36-26(27,28)29/h3-15H,1-2H3,(H2,33,34,37). The quantitative estimate of drug-likeness (QED) is 0.134. The minimum atomic E-state index is -4.73. The molecule has 0 aliphatic carbocycles. The number of pyridine rings is 1. The maximum atomic E-state index is 12.5. The zero-order valence-electron chi connectivity index (χ0n) is 20.2. The fraction of sp³-hybridized carbons (Fsp3) is 0.154. The first-order chi connectivity index (χ1) is 18.2. The van der Waals surface area contributed by atoms with Crippen LogP contribution < -0.4 is 15.5 Å². The van der Waals surface area contributed by atoms with Crippen molar-refractivity contribution >= 4 is 57.1 Å². The number of hydrazone groups is 1. The van der Waals surface area contributed by atoms with E-state index in [-0.39, 0.29) is 5.75 Å². The molecule has 194 valence electrons. The van der Waals surface area contributed by atoms with Crippen molar-refractivity contribution in [3.63, 3.8) is 0 Å². The summed E-state index contributed by atoms with van der Waals surface area (Å²) in [5, 5.41) is 9.53. The van der Waals surface area contributed by atoms with Gasteiger partial charge in [0.1, 0.15) is 17.2 Å². The molecule has 3 heterocycles. The Balaban J connectivity index is 1.31. The summed E-state index contributed by atoms with van der Waals surface area (Å²) in [5.41, 5.74) is 7.64. The fourth-order valence-corrected chi connectivity index (χ4v) is 4.88. The largest absolute Gasteiger partial charge is 0.573 e. The van der Waals surface area contributed by atoms with Crippen molar-refractivity contribution < 1.29 is 17.9 Å². The first-order valence-corrected chi connectivity index (χ1v) is 12.8. The zero-order valence-corrected chi connectivity index (χ0v) is 21.8. The lowest BCUT2D eigenvalue weighted by Gasteiger charge is -2.09. The molecular formula is C26H21F3N6OS2. The van der Waals surface area contributed by atoms with Crippen LogP contribution in [0.15, 0.2) is 71.5 Å². The van der Waals surface area contributed by atoms with E-state index in [1.807, 2.05) is 34.9 Å². The number of nitrogens with zero attached hydrogens (tertiary/aromatic N) is 4. The maximum absolute atomic E-state index is 12.5. The zero-order chi connectivity index (χ0) is 26.9. The van der Waals surface area contributed by atoms with Crippen molar-refractivity contribution in [2.24, 2.45) is 5.10 Å². The van der Waals surface area contributed by atoms with E-state index in [9.17, 15) is 13.2 Å². The van der Waals surface area contributed by atoms with Gasteiger partial charge in [-0.25, -0.2) is 9.97 Å². The molecule has 0 atom stereocenters. The third-order valence-corrected chi connectivity index (χ3v) is 6.95. The number of ether oxygens (including phenoxy) is 1. The van der Waals surface area contributed by atoms with Gasteiger partial charge in [0, 0.05) is 17.1 Å². The van der Waals surface area contributed by atoms with E-state index < -0.39 is 6.36 Å². The number of halogens is 3. The van der Waals surface area contributed by atoms with Crippen molar-refractivity contribution in [1.29, 1.82) is 0 Å². The predicted octanol–water partition coefficient (Wildman–Crippen LogP) is 6.95. The highest BCUT2D eigenvalue weighted by Crippen LogP contribution is 2.29. The van der Waals surface area contributed by atoms with Gasteiger partial charge in [0.05, 0.1) is 28.5 Å². The van der Waals surface area contributed by atoms with Gasteiger partial charge < -0.3 is 10.1 Å². The predicted molar refractivity (Wildman–Crippen MR) is 148 cm³/mol. The number of thiocarbonyl (C=S) groups is 1. The van der Waals surface area contributed by atoms with E-state index in [0.29, 0.717) is 16.6 Å². The number of hydrogen-bond acceptors (Lipinski definition) is 6. The summed E-state index contributed by atoms with van der Waals surface area (Å²) in [6, 6.07) is 13.5. The molecule has 0 unspecified atom stereocenters. The van der Waals surface area contributed by atoms with Crippen molar-refractivity contribution in [3.8, 4) is 17.0 Å². The van der Waals surface area contributed by atoms with Crippen LogP contribution in [-0.4, -0.2) is 32.1 Å². The number of benzene rings is 2. The molecule has 0 spiro atoms. The minimum Gasteiger partial charge on any atom is -0.406 e. The summed E-state index contributed by atoms with van der Waals surface area (Å²) in [7, 11) is 0. The van der Waals surface area contributed by atoms with Crippen LogP contribution in [0.2, 0.25) is 0 Å². The van der Waals surface area contributed by atoms with Crippen LogP contribution in [0.3, 0.4) is 0 Å². The van der Waals surface area contributed by atoms with Gasteiger partial charge in [-0.2, -0.15) is 5.10 Å². The van der Waals surface area contributed by atoms with E-state index in [4.69, 9.17) is 12.2 Å². The van der Waals surface area contributed by atoms with E-state index in [1.54, 1.807) is 41.4 Å². The Morgan fingerprint density at radius 1 is 1.13 bits per heavy atom. The molecule has 0 radical (unpaired) electrons. The van der Waals surface area contributed by atoms with Gasteiger partial charge in [-0.1, -0.05) is 19.9 Å². The van der Waals surface area contributed by atoms with Crippen LogP contribution in [0.4, 0.5) is 19.0 Å². The Morgan fingerprint density at radius 2 is 1.92 bits per heavy atom. The Kier molecular flexibility index (Phi) is 7.00. The summed E-state index contributed by atoms with van der Waals surface area (Å²) in [4.78, 5) is 9.98. The number of fused-ring (bicyclic) bond motifs is 3. The molecule has 0 saturated heterocycles. The molecule has 5 aromatic rings. The number of anilines is 1. The van der Waals surface area contributed by atoms with Crippen LogP contribution in [0.25, 0.3) is 27.7 Å². The van der Waals surface area contributed by atoms with Crippen LogP contribution >= 0.6 is 23.6 Å². The molecule has 5 rings (SSSR count). The molecule has 2 N–H and O–H groups in total. The summed E-state index contributed by atoms with van der Waals surface area (Å²) < 4.78 is 43.2. The van der Waals surface area contributed by atoms with Crippen LogP contribution in [0.1, 0.15) is 30.2 Å². The molecule has 0 amide bonds. The first-order valence-electron chi connectivity index (χ1n) is 11.5. The number of alkyl halides is 3. The van der Waals surface area contributed by atoms with Gasteiger partial charge in [-0.15, -0.1) is 24.5 Å². The smallest absolute Gasteiger partial charge is 0.406 e. The van der Waals surface area contributed by atoms with Crippen LogP contribution in [-0.2, 0) is 0 Å². The summed E-state index contributed by atoms with van der Waals surface area (Å²) in [5.74, 6) is 0.797. The molecule has 7 nitrogen and oxygen atoms in total. The topological polar surface area (TPSA) is 75.8 Å². The highest BCUT2D eigenvalue weighted by molar-refractivity contribution is 7.80. The number of nitrogens with one attached hydrogen (secondary N) is 2. The normalized spacial score (nSPS) is 12.1. The lowest BCUT2D eigenvalue weighted by molar-refractivity contribution is -0.274. The van der Waals surface area contributed by atoms with E-state index in [0.717, 1.165) is 38.4 Å². The minimum absolute atomic E-state index is 0.274. The van der Waals surface area contributed by atoms with Crippen LogP contribution in [0.5, 0.6) is 5.75 Å². The van der Waals surface area contributed by atoms with Crippen molar-refractivity contribution in [1.82, 2.24) is 19.8 Å². The summed E-state index contributed by atoms with van der Waals surface area (Å²) >= 11 is 6.90. The number of thiazole rings is 1. The Labute approximate surface area is 225 Å². The second-order valence-corrected chi connectivity index (χ2v) is 9.91. The number of hydrogen-bond donors (Lipinski definition) is 2. The molecule has 0 saturated carbocycles. The van der Waals surface area contributed by atoms with Crippen LogP contribution in [0, 0.1) is 0 Å². The van der Waals surface area contributed by atoms with E-state index in [1.165, 1.54) is 12.1 Å². The van der Waals surface area contributed by atoms with Gasteiger partial charge >= 0.3 is 6.36 Å². The highest BCUT2D eigenvalue weighted by Gasteiger charge is 2.31. The molecule has 12 heteroatoms. The molecule has 0 bridgehead atoms. The second-order valence-electron chi connectivity index (χ2n) is 8.62. The van der Waals surface area contributed by atoms with Gasteiger partial charge in [0.15, 0.2) is 5.11 Å². The van der Waals surface area contributed by atoms with E-state index >= 15 is 0 Å². The van der Waals surface area contributed by atoms with Gasteiger partial charge in [0.25, 0.3) is 0 Å². The Morgan fingerprint density at radius 3 is 2.66 bits per heavy atom. The van der Waals surface area contributed by atoms with Crippen molar-refractivity contribution in [3.05, 3.63) is 76.9 Å². The Hall–Kier alpha value is -4.03. The van der Waals surface area contributed by atoms with Gasteiger partial charge in [-0.05, 0) is 71.6 Å².